The van der Waals surface area contributed by atoms with E-state index in [9.17, 15) is 14.4 Å². The average molecular weight is 429 g/mol. The maximum absolute atomic E-state index is 13.2. The Morgan fingerprint density at radius 1 is 1.13 bits per heavy atom. The number of carbonyl (C=O) groups excluding carboxylic acids is 3. The van der Waals surface area contributed by atoms with Crippen molar-refractivity contribution in [3.05, 3.63) is 52.2 Å². The van der Waals surface area contributed by atoms with Gasteiger partial charge in [0.2, 0.25) is 5.91 Å². The number of amides is 4. The molecule has 8 heteroatoms. The van der Waals surface area contributed by atoms with Gasteiger partial charge in [-0.05, 0) is 41.8 Å². The van der Waals surface area contributed by atoms with Gasteiger partial charge in [-0.1, -0.05) is 32.0 Å². The first-order valence-electron chi connectivity index (χ1n) is 10.1. The number of rotatable bonds is 6. The summed E-state index contributed by atoms with van der Waals surface area (Å²) in [6.45, 7) is 5.74. The van der Waals surface area contributed by atoms with Gasteiger partial charge in [-0.15, -0.1) is 11.3 Å². The third-order valence-corrected chi connectivity index (χ3v) is 6.17. The number of nitrogens with one attached hydrogen (secondary N) is 2. The number of nitrogens with zero attached hydrogens (tertiary/aromatic N) is 1. The van der Waals surface area contributed by atoms with E-state index in [-0.39, 0.29) is 18.2 Å². The summed E-state index contributed by atoms with van der Waals surface area (Å²) >= 11 is 1.44. The lowest BCUT2D eigenvalue weighted by Gasteiger charge is -2.35. The van der Waals surface area contributed by atoms with Crippen molar-refractivity contribution in [2.24, 2.45) is 17.6 Å². The largest absolute Gasteiger partial charge is 0.352 e. The molecule has 1 fully saturated rings. The molecule has 3 atom stereocenters. The van der Waals surface area contributed by atoms with Crippen LogP contribution in [0.25, 0.3) is 0 Å². The van der Waals surface area contributed by atoms with Crippen LogP contribution in [0.4, 0.5) is 10.5 Å². The Bertz CT molecular complexity index is 890. The Labute approximate surface area is 180 Å². The van der Waals surface area contributed by atoms with Crippen LogP contribution >= 0.6 is 11.3 Å². The maximum Gasteiger partial charge on any atom is 0.312 e. The zero-order valence-corrected chi connectivity index (χ0v) is 18.1. The van der Waals surface area contributed by atoms with Crippen molar-refractivity contribution in [3.63, 3.8) is 0 Å². The fourth-order valence-corrected chi connectivity index (χ4v) is 4.83. The maximum atomic E-state index is 13.2. The minimum atomic E-state index is -0.690. The van der Waals surface area contributed by atoms with Crippen molar-refractivity contribution in [3.8, 4) is 0 Å². The molecule has 1 aliphatic rings. The van der Waals surface area contributed by atoms with Crippen LogP contribution in [0.2, 0.25) is 0 Å². The van der Waals surface area contributed by atoms with Gasteiger partial charge in [-0.2, -0.15) is 0 Å². The third kappa shape index (κ3) is 5.60. The molecule has 0 radical (unpaired) electrons. The molecule has 1 saturated heterocycles. The summed E-state index contributed by atoms with van der Waals surface area (Å²) in [6.07, 6.45) is 1.13. The number of hydrogen-bond donors (Lipinski definition) is 3. The number of piperidine rings is 1. The number of likely N-dealkylation sites (tertiary alicyclic amines) is 1. The van der Waals surface area contributed by atoms with Crippen LogP contribution in [-0.4, -0.2) is 35.8 Å². The Hall–Kier alpha value is -2.87. The summed E-state index contributed by atoms with van der Waals surface area (Å²) in [5, 5.41) is 7.33. The number of anilines is 1. The molecule has 1 aliphatic heterocycles. The molecule has 3 unspecified atom stereocenters. The van der Waals surface area contributed by atoms with Crippen LogP contribution in [0.3, 0.4) is 0 Å². The zero-order valence-electron chi connectivity index (χ0n) is 17.3. The first-order chi connectivity index (χ1) is 14.3. The molecule has 3 rings (SSSR count). The average Bonchev–Trinajstić information content (AvgIpc) is 3.21. The smallest absolute Gasteiger partial charge is 0.312 e. The topological polar surface area (TPSA) is 105 Å². The second-order valence-electron chi connectivity index (χ2n) is 8.03. The normalized spacial score (nSPS) is 19.7. The van der Waals surface area contributed by atoms with E-state index in [4.69, 9.17) is 5.73 Å². The van der Waals surface area contributed by atoms with Gasteiger partial charge in [0.1, 0.15) is 0 Å². The van der Waals surface area contributed by atoms with E-state index < -0.39 is 12.1 Å². The van der Waals surface area contributed by atoms with Gasteiger partial charge in [0, 0.05) is 18.0 Å². The van der Waals surface area contributed by atoms with Crippen molar-refractivity contribution in [1.82, 2.24) is 10.2 Å². The second kappa shape index (κ2) is 9.75. The van der Waals surface area contributed by atoms with Crippen molar-refractivity contribution in [1.29, 1.82) is 0 Å². The lowest BCUT2D eigenvalue weighted by atomic mass is 9.91. The molecule has 0 bridgehead atoms. The quantitative estimate of drug-likeness (QED) is 0.655. The Kier molecular flexibility index (Phi) is 7.10. The summed E-state index contributed by atoms with van der Waals surface area (Å²) in [4.78, 5) is 39.9. The summed E-state index contributed by atoms with van der Waals surface area (Å²) in [5.41, 5.74) is 6.22. The number of para-hydroxylation sites is 1. The van der Waals surface area contributed by atoms with Gasteiger partial charge in [0.05, 0.1) is 23.7 Å². The monoisotopic (exact) mass is 428 g/mol. The number of primary amides is 1. The molecule has 0 aliphatic carbocycles. The first kappa shape index (κ1) is 21.8. The minimum absolute atomic E-state index is 0.0176. The van der Waals surface area contributed by atoms with Crippen LogP contribution in [-0.2, 0) is 4.79 Å². The van der Waals surface area contributed by atoms with Crippen molar-refractivity contribution < 1.29 is 14.4 Å². The summed E-state index contributed by atoms with van der Waals surface area (Å²) in [6, 6.07) is 9.52. The van der Waals surface area contributed by atoms with Crippen LogP contribution < -0.4 is 16.4 Å². The SMILES string of the molecule is CC1CC(C)CN(C(=O)c2ccccc2NC(=O)CC(NC(N)=O)c2cccs2)C1. The Balaban J connectivity index is 1.73. The summed E-state index contributed by atoms with van der Waals surface area (Å²) < 4.78 is 0. The van der Waals surface area contributed by atoms with E-state index in [2.05, 4.69) is 24.5 Å². The van der Waals surface area contributed by atoms with Gasteiger partial charge in [0.25, 0.3) is 5.91 Å². The third-order valence-electron chi connectivity index (χ3n) is 5.18. The molecular formula is C22H28N4O3S. The van der Waals surface area contributed by atoms with Gasteiger partial charge in [-0.3, -0.25) is 9.59 Å². The van der Waals surface area contributed by atoms with Crippen LogP contribution in [0.1, 0.15) is 48.0 Å². The summed E-state index contributed by atoms with van der Waals surface area (Å²) in [7, 11) is 0. The van der Waals surface area contributed by atoms with Gasteiger partial charge in [-0.25, -0.2) is 4.79 Å². The highest BCUT2D eigenvalue weighted by atomic mass is 32.1. The predicted molar refractivity (Wildman–Crippen MR) is 118 cm³/mol. The number of nitrogens with two attached hydrogens (primary N) is 1. The standard InChI is InChI=1S/C22H28N4O3S/c1-14-10-15(2)13-26(12-14)21(28)16-6-3-4-7-17(16)24-20(27)11-18(25-22(23)29)19-8-5-9-30-19/h3-9,14-15,18H,10-13H2,1-2H3,(H,24,27)(H3,23,25,29). The molecule has 2 aromatic rings. The van der Waals surface area contributed by atoms with E-state index in [1.807, 2.05) is 22.4 Å². The molecule has 160 valence electrons. The number of benzene rings is 1. The number of carbonyl (C=O) groups is 3. The highest BCUT2D eigenvalue weighted by molar-refractivity contribution is 7.10. The molecule has 7 nitrogen and oxygen atoms in total. The van der Waals surface area contributed by atoms with Gasteiger partial charge in [0.15, 0.2) is 0 Å². The molecule has 1 aromatic carbocycles. The fourth-order valence-electron chi connectivity index (χ4n) is 4.05. The lowest BCUT2D eigenvalue weighted by molar-refractivity contribution is -0.116. The van der Waals surface area contributed by atoms with Crippen LogP contribution in [0.5, 0.6) is 0 Å². The molecule has 0 spiro atoms. The highest BCUT2D eigenvalue weighted by Gasteiger charge is 2.28. The van der Waals surface area contributed by atoms with Crippen LogP contribution in [0, 0.1) is 11.8 Å². The molecule has 1 aromatic heterocycles. The van der Waals surface area contributed by atoms with E-state index in [0.29, 0.717) is 36.2 Å². The van der Waals surface area contributed by atoms with Crippen LogP contribution in [0.15, 0.2) is 41.8 Å². The Morgan fingerprint density at radius 2 is 1.83 bits per heavy atom. The molecular weight excluding hydrogens is 400 g/mol. The molecule has 30 heavy (non-hydrogen) atoms. The zero-order chi connectivity index (χ0) is 21.7. The first-order valence-corrected chi connectivity index (χ1v) is 11.0. The second-order valence-corrected chi connectivity index (χ2v) is 9.01. The molecule has 4 amide bonds. The number of hydrogen-bond acceptors (Lipinski definition) is 4. The summed E-state index contributed by atoms with van der Waals surface area (Å²) in [5.74, 6) is 0.522. The molecule has 4 N–H and O–H groups in total. The van der Waals surface area contributed by atoms with Crippen molar-refractivity contribution >= 4 is 34.9 Å². The molecule has 2 heterocycles. The predicted octanol–water partition coefficient (Wildman–Crippen LogP) is 3.60. The number of urea groups is 1. The minimum Gasteiger partial charge on any atom is -0.352 e. The lowest BCUT2D eigenvalue weighted by Crippen LogP contribution is -2.42. The number of thiophene rings is 1. The van der Waals surface area contributed by atoms with Gasteiger partial charge >= 0.3 is 6.03 Å². The van der Waals surface area contributed by atoms with E-state index in [0.717, 1.165) is 11.3 Å². The van der Waals surface area contributed by atoms with E-state index >= 15 is 0 Å². The van der Waals surface area contributed by atoms with Crippen molar-refractivity contribution in [2.45, 2.75) is 32.7 Å². The highest BCUT2D eigenvalue weighted by Crippen LogP contribution is 2.26. The van der Waals surface area contributed by atoms with Gasteiger partial charge < -0.3 is 21.3 Å². The fraction of sp³-hybridized carbons (Fsp3) is 0.409. The van der Waals surface area contributed by atoms with E-state index in [1.165, 1.54) is 11.3 Å². The Morgan fingerprint density at radius 3 is 2.47 bits per heavy atom. The van der Waals surface area contributed by atoms with E-state index in [1.54, 1.807) is 24.3 Å². The molecule has 0 saturated carbocycles. The van der Waals surface area contributed by atoms with Crippen molar-refractivity contribution in [2.75, 3.05) is 18.4 Å².